The van der Waals surface area contributed by atoms with E-state index in [9.17, 15) is 9.18 Å². The summed E-state index contributed by atoms with van der Waals surface area (Å²) >= 11 is 0. The van der Waals surface area contributed by atoms with Crippen molar-refractivity contribution in [1.82, 2.24) is 0 Å². The Labute approximate surface area is 59.0 Å². The molecule has 0 aliphatic heterocycles. The van der Waals surface area contributed by atoms with Crippen molar-refractivity contribution >= 4 is 5.97 Å². The molecule has 1 rings (SSSR count). The van der Waals surface area contributed by atoms with Crippen LogP contribution in [0.15, 0.2) is 0 Å². The highest BCUT2D eigenvalue weighted by molar-refractivity contribution is 5.70. The summed E-state index contributed by atoms with van der Waals surface area (Å²) in [5, 5.41) is 8.39. The molecule has 0 heterocycles. The highest BCUT2D eigenvalue weighted by atomic mass is 19.1. The number of hydrogen-bond acceptors (Lipinski definition) is 1. The Morgan fingerprint density at radius 1 is 1.70 bits per heavy atom. The van der Waals surface area contributed by atoms with Gasteiger partial charge in [-0.3, -0.25) is 4.79 Å². The molecule has 58 valence electrons. The zero-order valence-electron chi connectivity index (χ0n) is 5.88. The summed E-state index contributed by atoms with van der Waals surface area (Å²) in [7, 11) is 0. The number of hydrogen-bond donors (Lipinski definition) is 1. The van der Waals surface area contributed by atoms with Gasteiger partial charge in [0.25, 0.3) is 0 Å². The van der Waals surface area contributed by atoms with Gasteiger partial charge in [-0.15, -0.1) is 0 Å². The van der Waals surface area contributed by atoms with Gasteiger partial charge in [-0.1, -0.05) is 0 Å². The maximum absolute atomic E-state index is 12.9. The molecule has 2 unspecified atom stereocenters. The molecule has 0 bridgehead atoms. The van der Waals surface area contributed by atoms with Crippen molar-refractivity contribution in [3.8, 4) is 0 Å². The summed E-state index contributed by atoms with van der Waals surface area (Å²) in [6.45, 7) is 1.42. The Morgan fingerprint density at radius 3 is 2.50 bits per heavy atom. The molecule has 1 saturated carbocycles. The minimum Gasteiger partial charge on any atom is -0.481 e. The maximum atomic E-state index is 12.9. The van der Waals surface area contributed by atoms with Gasteiger partial charge in [0.2, 0.25) is 0 Å². The van der Waals surface area contributed by atoms with Crippen LogP contribution < -0.4 is 0 Å². The van der Waals surface area contributed by atoms with Crippen molar-refractivity contribution in [2.24, 2.45) is 11.8 Å². The first-order valence-electron chi connectivity index (χ1n) is 3.50. The van der Waals surface area contributed by atoms with Crippen molar-refractivity contribution in [3.05, 3.63) is 0 Å². The highest BCUT2D eigenvalue weighted by Crippen LogP contribution is 2.37. The molecule has 0 aromatic carbocycles. The number of alkyl halides is 1. The number of carboxylic acids is 1. The average Bonchev–Trinajstić information content (AvgIpc) is 2.65. The number of carboxylic acid groups (broad SMARTS) is 1. The summed E-state index contributed by atoms with van der Waals surface area (Å²) < 4.78 is 12.9. The first kappa shape index (κ1) is 7.51. The summed E-state index contributed by atoms with van der Waals surface area (Å²) in [5.41, 5.74) is 0. The van der Waals surface area contributed by atoms with Gasteiger partial charge in [0.1, 0.15) is 6.17 Å². The highest BCUT2D eigenvalue weighted by Gasteiger charge is 2.37. The Morgan fingerprint density at radius 2 is 2.20 bits per heavy atom. The van der Waals surface area contributed by atoms with Crippen LogP contribution in [-0.4, -0.2) is 17.2 Å². The van der Waals surface area contributed by atoms with Crippen LogP contribution in [0.3, 0.4) is 0 Å². The Kier molecular flexibility index (Phi) is 1.92. The van der Waals surface area contributed by atoms with Gasteiger partial charge in [-0.2, -0.15) is 0 Å². The Bertz CT molecular complexity index is 143. The molecule has 0 radical (unpaired) electrons. The van der Waals surface area contributed by atoms with E-state index in [1.54, 1.807) is 0 Å². The van der Waals surface area contributed by atoms with E-state index in [-0.39, 0.29) is 5.92 Å². The normalized spacial score (nSPS) is 23.8. The standard InChI is InChI=1S/C7H11FO2/c1-4(7(9)10)6(8)5-2-3-5/h4-6H,2-3H2,1H3,(H,9,10). The van der Waals surface area contributed by atoms with Crippen LogP contribution in [0.4, 0.5) is 4.39 Å². The Balaban J connectivity index is 2.38. The zero-order valence-corrected chi connectivity index (χ0v) is 5.88. The number of aliphatic carboxylic acids is 1. The number of rotatable bonds is 3. The molecule has 1 N–H and O–H groups in total. The van der Waals surface area contributed by atoms with E-state index in [0.717, 1.165) is 12.8 Å². The second-order valence-electron chi connectivity index (χ2n) is 2.91. The van der Waals surface area contributed by atoms with Gasteiger partial charge >= 0.3 is 5.97 Å². The third-order valence-corrected chi connectivity index (χ3v) is 1.94. The molecule has 2 nitrogen and oxygen atoms in total. The topological polar surface area (TPSA) is 37.3 Å². The quantitative estimate of drug-likeness (QED) is 0.654. The smallest absolute Gasteiger partial charge is 0.309 e. The average molecular weight is 146 g/mol. The molecular weight excluding hydrogens is 135 g/mol. The largest absolute Gasteiger partial charge is 0.481 e. The molecule has 1 fully saturated rings. The van der Waals surface area contributed by atoms with E-state index in [1.165, 1.54) is 6.92 Å². The molecule has 0 aromatic rings. The second-order valence-corrected chi connectivity index (χ2v) is 2.91. The molecule has 10 heavy (non-hydrogen) atoms. The van der Waals surface area contributed by atoms with E-state index in [2.05, 4.69) is 0 Å². The van der Waals surface area contributed by atoms with Crippen molar-refractivity contribution in [1.29, 1.82) is 0 Å². The first-order chi connectivity index (χ1) is 4.63. The fraction of sp³-hybridized carbons (Fsp3) is 0.857. The second kappa shape index (κ2) is 2.56. The summed E-state index contributed by atoms with van der Waals surface area (Å²) in [4.78, 5) is 10.2. The van der Waals surface area contributed by atoms with Crippen LogP contribution in [-0.2, 0) is 4.79 Å². The minimum atomic E-state index is -1.13. The van der Waals surface area contributed by atoms with Crippen LogP contribution >= 0.6 is 0 Å². The predicted molar refractivity (Wildman–Crippen MR) is 34.4 cm³/mol. The fourth-order valence-corrected chi connectivity index (χ4v) is 0.959. The summed E-state index contributed by atoms with van der Waals surface area (Å²) in [6.07, 6.45) is 0.592. The van der Waals surface area contributed by atoms with Gasteiger partial charge in [0, 0.05) is 0 Å². The summed E-state index contributed by atoms with van der Waals surface area (Å²) in [6, 6.07) is 0. The van der Waals surface area contributed by atoms with Gasteiger partial charge < -0.3 is 5.11 Å². The fourth-order valence-electron chi connectivity index (χ4n) is 0.959. The molecule has 1 aliphatic carbocycles. The lowest BCUT2D eigenvalue weighted by molar-refractivity contribution is -0.143. The van der Waals surface area contributed by atoms with E-state index in [1.807, 2.05) is 0 Å². The lowest BCUT2D eigenvalue weighted by Gasteiger charge is -2.09. The molecular formula is C7H11FO2. The van der Waals surface area contributed by atoms with Gasteiger partial charge in [-0.05, 0) is 25.7 Å². The minimum absolute atomic E-state index is 0.0334. The van der Waals surface area contributed by atoms with Crippen LogP contribution in [0, 0.1) is 11.8 Å². The van der Waals surface area contributed by atoms with Crippen LogP contribution in [0.25, 0.3) is 0 Å². The van der Waals surface area contributed by atoms with E-state index < -0.39 is 18.1 Å². The van der Waals surface area contributed by atoms with E-state index >= 15 is 0 Å². The molecule has 2 atom stereocenters. The molecule has 0 aromatic heterocycles. The molecule has 0 saturated heterocycles. The van der Waals surface area contributed by atoms with Crippen LogP contribution in [0.2, 0.25) is 0 Å². The lowest BCUT2D eigenvalue weighted by Crippen LogP contribution is -2.23. The van der Waals surface area contributed by atoms with Gasteiger partial charge in [0.05, 0.1) is 5.92 Å². The number of halogens is 1. The van der Waals surface area contributed by atoms with Gasteiger partial charge in [-0.25, -0.2) is 4.39 Å². The number of carbonyl (C=O) groups is 1. The van der Waals surface area contributed by atoms with Crippen LogP contribution in [0.1, 0.15) is 19.8 Å². The molecule has 1 aliphatic rings. The summed E-state index contributed by atoms with van der Waals surface area (Å²) in [5.74, 6) is -1.82. The maximum Gasteiger partial charge on any atom is 0.309 e. The van der Waals surface area contributed by atoms with E-state index in [0.29, 0.717) is 0 Å². The van der Waals surface area contributed by atoms with E-state index in [4.69, 9.17) is 5.11 Å². The molecule has 0 spiro atoms. The molecule has 3 heteroatoms. The van der Waals surface area contributed by atoms with Crippen molar-refractivity contribution in [2.75, 3.05) is 0 Å². The predicted octanol–water partition coefficient (Wildman–Crippen LogP) is 1.46. The third kappa shape index (κ3) is 1.46. The lowest BCUT2D eigenvalue weighted by atomic mass is 10.0. The van der Waals surface area contributed by atoms with Crippen LogP contribution in [0.5, 0.6) is 0 Å². The Hall–Kier alpha value is -0.600. The molecule has 0 amide bonds. The first-order valence-corrected chi connectivity index (χ1v) is 3.50. The van der Waals surface area contributed by atoms with Crippen molar-refractivity contribution in [2.45, 2.75) is 25.9 Å². The third-order valence-electron chi connectivity index (χ3n) is 1.94. The zero-order chi connectivity index (χ0) is 7.72. The van der Waals surface area contributed by atoms with Crippen molar-refractivity contribution < 1.29 is 14.3 Å². The van der Waals surface area contributed by atoms with Crippen molar-refractivity contribution in [3.63, 3.8) is 0 Å². The SMILES string of the molecule is CC(C(=O)O)C(F)C1CC1. The van der Waals surface area contributed by atoms with Gasteiger partial charge in [0.15, 0.2) is 0 Å². The monoisotopic (exact) mass is 146 g/mol.